The third-order valence-corrected chi connectivity index (χ3v) is 3.79. The number of benzene rings is 1. The quantitative estimate of drug-likeness (QED) is 0.910. The molecule has 0 bridgehead atoms. The molecule has 1 fully saturated rings. The van der Waals surface area contributed by atoms with Crippen molar-refractivity contribution < 1.29 is 19.1 Å². The molecule has 1 aliphatic rings. The molecule has 0 aliphatic carbocycles. The number of nitrogens with one attached hydrogen (secondary N) is 1. The summed E-state index contributed by atoms with van der Waals surface area (Å²) >= 11 is 0. The number of hydrogen-bond acceptors (Lipinski definition) is 4. The fourth-order valence-corrected chi connectivity index (χ4v) is 2.78. The van der Waals surface area contributed by atoms with Crippen molar-refractivity contribution in [3.8, 4) is 11.5 Å². The molecule has 1 unspecified atom stereocenters. The van der Waals surface area contributed by atoms with Crippen molar-refractivity contribution in [1.29, 1.82) is 0 Å². The molecule has 2 amide bonds. The van der Waals surface area contributed by atoms with Crippen molar-refractivity contribution >= 4 is 11.8 Å². The van der Waals surface area contributed by atoms with Gasteiger partial charge in [0.05, 0.1) is 14.2 Å². The van der Waals surface area contributed by atoms with Gasteiger partial charge in [-0.1, -0.05) is 19.9 Å². The third-order valence-electron chi connectivity index (χ3n) is 3.79. The van der Waals surface area contributed by atoms with Crippen LogP contribution in [0, 0.1) is 5.92 Å². The van der Waals surface area contributed by atoms with Crippen LogP contribution in [0.2, 0.25) is 0 Å². The SMILES string of the molecule is COc1cccc(OC)c1C(=O)N1CCNC(=O)C1C(C)C. The van der Waals surface area contributed by atoms with Crippen LogP contribution in [0.15, 0.2) is 18.2 Å². The Balaban J connectivity index is 2.44. The maximum absolute atomic E-state index is 13.0. The van der Waals surface area contributed by atoms with E-state index in [-0.39, 0.29) is 17.7 Å². The predicted molar refractivity (Wildman–Crippen MR) is 82.2 cm³/mol. The van der Waals surface area contributed by atoms with Gasteiger partial charge in [0.25, 0.3) is 5.91 Å². The van der Waals surface area contributed by atoms with Gasteiger partial charge < -0.3 is 19.7 Å². The molecule has 1 heterocycles. The molecule has 0 aromatic heterocycles. The van der Waals surface area contributed by atoms with Gasteiger partial charge in [0.15, 0.2) is 0 Å². The number of rotatable bonds is 4. The Labute approximate surface area is 130 Å². The summed E-state index contributed by atoms with van der Waals surface area (Å²) < 4.78 is 10.6. The fourth-order valence-electron chi connectivity index (χ4n) is 2.78. The first kappa shape index (κ1) is 16.1. The van der Waals surface area contributed by atoms with Crippen molar-refractivity contribution in [2.75, 3.05) is 27.3 Å². The van der Waals surface area contributed by atoms with Crippen LogP contribution in [0.4, 0.5) is 0 Å². The molecule has 0 saturated carbocycles. The molecule has 1 aromatic carbocycles. The minimum atomic E-state index is -0.490. The van der Waals surface area contributed by atoms with Gasteiger partial charge in [-0.15, -0.1) is 0 Å². The van der Waals surface area contributed by atoms with Crippen LogP contribution in [0.3, 0.4) is 0 Å². The Morgan fingerprint density at radius 2 is 1.86 bits per heavy atom. The first-order chi connectivity index (χ1) is 10.5. The topological polar surface area (TPSA) is 67.9 Å². The van der Waals surface area contributed by atoms with Crippen LogP contribution in [0.5, 0.6) is 11.5 Å². The number of ether oxygens (including phenoxy) is 2. The van der Waals surface area contributed by atoms with Gasteiger partial charge in [-0.05, 0) is 18.1 Å². The second-order valence-corrected chi connectivity index (χ2v) is 5.52. The molecule has 1 aromatic rings. The van der Waals surface area contributed by atoms with Gasteiger partial charge >= 0.3 is 0 Å². The van der Waals surface area contributed by atoms with Gasteiger partial charge in [-0.2, -0.15) is 0 Å². The molecule has 6 heteroatoms. The van der Waals surface area contributed by atoms with E-state index in [2.05, 4.69) is 5.32 Å². The molecule has 1 N–H and O–H groups in total. The van der Waals surface area contributed by atoms with Crippen LogP contribution in [-0.4, -0.2) is 50.1 Å². The average molecular weight is 306 g/mol. The highest BCUT2D eigenvalue weighted by atomic mass is 16.5. The standard InChI is InChI=1S/C16H22N2O4/c1-10(2)14-15(19)17-8-9-18(14)16(20)13-11(21-3)6-5-7-12(13)22-4/h5-7,10,14H,8-9H2,1-4H3,(H,17,19). The normalized spacial score (nSPS) is 18.1. The predicted octanol–water partition coefficient (Wildman–Crippen LogP) is 1.30. The lowest BCUT2D eigenvalue weighted by Gasteiger charge is -2.37. The van der Waals surface area contributed by atoms with E-state index in [1.165, 1.54) is 14.2 Å². The number of carbonyl (C=O) groups is 2. The number of carbonyl (C=O) groups excluding carboxylic acids is 2. The van der Waals surface area contributed by atoms with E-state index in [4.69, 9.17) is 9.47 Å². The van der Waals surface area contributed by atoms with Gasteiger partial charge in [-0.3, -0.25) is 9.59 Å². The van der Waals surface area contributed by atoms with E-state index < -0.39 is 6.04 Å². The smallest absolute Gasteiger partial charge is 0.262 e. The van der Waals surface area contributed by atoms with E-state index in [9.17, 15) is 9.59 Å². The van der Waals surface area contributed by atoms with Gasteiger partial charge in [0, 0.05) is 13.1 Å². The van der Waals surface area contributed by atoms with E-state index in [1.807, 2.05) is 13.8 Å². The highest BCUT2D eigenvalue weighted by molar-refractivity contribution is 6.02. The van der Waals surface area contributed by atoms with E-state index in [1.54, 1.807) is 23.1 Å². The lowest BCUT2D eigenvalue weighted by molar-refractivity contribution is -0.129. The Kier molecular flexibility index (Phi) is 4.90. The number of piperazine rings is 1. The Morgan fingerprint density at radius 1 is 1.27 bits per heavy atom. The third kappa shape index (κ3) is 2.86. The highest BCUT2D eigenvalue weighted by Crippen LogP contribution is 2.31. The van der Waals surface area contributed by atoms with Crippen LogP contribution < -0.4 is 14.8 Å². The Morgan fingerprint density at radius 3 is 2.36 bits per heavy atom. The van der Waals surface area contributed by atoms with E-state index >= 15 is 0 Å². The molecular weight excluding hydrogens is 284 g/mol. The summed E-state index contributed by atoms with van der Waals surface area (Å²) in [6.07, 6.45) is 0. The van der Waals surface area contributed by atoms with Crippen molar-refractivity contribution in [1.82, 2.24) is 10.2 Å². The van der Waals surface area contributed by atoms with Crippen LogP contribution in [0.25, 0.3) is 0 Å². The van der Waals surface area contributed by atoms with Crippen LogP contribution in [0.1, 0.15) is 24.2 Å². The highest BCUT2D eigenvalue weighted by Gasteiger charge is 2.37. The molecule has 22 heavy (non-hydrogen) atoms. The van der Waals surface area contributed by atoms with Crippen molar-refractivity contribution in [3.05, 3.63) is 23.8 Å². The summed E-state index contributed by atoms with van der Waals surface area (Å²) in [6.45, 7) is 4.77. The molecule has 0 radical (unpaired) electrons. The summed E-state index contributed by atoms with van der Waals surface area (Å²) in [7, 11) is 3.02. The second kappa shape index (κ2) is 6.68. The van der Waals surface area contributed by atoms with Crippen molar-refractivity contribution in [2.45, 2.75) is 19.9 Å². The molecule has 0 spiro atoms. The molecule has 2 rings (SSSR count). The maximum Gasteiger partial charge on any atom is 0.262 e. The summed E-state index contributed by atoms with van der Waals surface area (Å²) in [5.74, 6) is 0.534. The zero-order valence-corrected chi connectivity index (χ0v) is 13.4. The number of methoxy groups -OCH3 is 2. The summed E-state index contributed by atoms with van der Waals surface area (Å²) in [6, 6.07) is 4.70. The number of nitrogens with zero attached hydrogens (tertiary/aromatic N) is 1. The summed E-state index contributed by atoms with van der Waals surface area (Å²) in [5.41, 5.74) is 0.354. The summed E-state index contributed by atoms with van der Waals surface area (Å²) in [5, 5.41) is 2.81. The first-order valence-electron chi connectivity index (χ1n) is 7.31. The van der Waals surface area contributed by atoms with E-state index in [0.29, 0.717) is 30.2 Å². The largest absolute Gasteiger partial charge is 0.496 e. The fraction of sp³-hybridized carbons (Fsp3) is 0.500. The van der Waals surface area contributed by atoms with Crippen LogP contribution >= 0.6 is 0 Å². The maximum atomic E-state index is 13.0. The molecule has 1 saturated heterocycles. The van der Waals surface area contributed by atoms with Gasteiger partial charge in [0.1, 0.15) is 23.1 Å². The summed E-state index contributed by atoms with van der Waals surface area (Å²) in [4.78, 5) is 26.7. The van der Waals surface area contributed by atoms with Crippen molar-refractivity contribution in [3.63, 3.8) is 0 Å². The lowest BCUT2D eigenvalue weighted by atomic mass is 9.98. The number of amides is 2. The average Bonchev–Trinajstić information content (AvgIpc) is 2.52. The molecular formula is C16H22N2O4. The Hall–Kier alpha value is -2.24. The lowest BCUT2D eigenvalue weighted by Crippen LogP contribution is -2.59. The minimum absolute atomic E-state index is 0.0185. The van der Waals surface area contributed by atoms with Crippen molar-refractivity contribution in [2.24, 2.45) is 5.92 Å². The molecule has 6 nitrogen and oxygen atoms in total. The monoisotopic (exact) mass is 306 g/mol. The van der Waals surface area contributed by atoms with E-state index in [0.717, 1.165) is 0 Å². The number of hydrogen-bond donors (Lipinski definition) is 1. The first-order valence-corrected chi connectivity index (χ1v) is 7.31. The minimum Gasteiger partial charge on any atom is -0.496 e. The molecule has 120 valence electrons. The zero-order valence-electron chi connectivity index (χ0n) is 13.4. The zero-order chi connectivity index (χ0) is 16.3. The molecule has 1 aliphatic heterocycles. The van der Waals surface area contributed by atoms with Gasteiger partial charge in [-0.25, -0.2) is 0 Å². The van der Waals surface area contributed by atoms with Crippen LogP contribution in [-0.2, 0) is 4.79 Å². The second-order valence-electron chi connectivity index (χ2n) is 5.52. The van der Waals surface area contributed by atoms with Gasteiger partial charge in [0.2, 0.25) is 5.91 Å². The Bertz CT molecular complexity index is 549. The molecule has 1 atom stereocenters.